The van der Waals surface area contributed by atoms with E-state index in [0.717, 1.165) is 23.4 Å². The smallest absolute Gasteiger partial charge is 0.305 e. The zero-order chi connectivity index (χ0) is 17.3. The van der Waals surface area contributed by atoms with Gasteiger partial charge in [-0.25, -0.2) is 4.68 Å². The average Bonchev–Trinajstić information content (AvgIpc) is 2.86. The summed E-state index contributed by atoms with van der Waals surface area (Å²) in [6.07, 6.45) is 3.86. The molecule has 3 rings (SSSR count). The largest absolute Gasteiger partial charge is 0.481 e. The van der Waals surface area contributed by atoms with E-state index in [4.69, 9.17) is 5.11 Å². The molecule has 1 saturated carbocycles. The molecule has 1 fully saturated rings. The molecule has 0 aliphatic heterocycles. The lowest BCUT2D eigenvalue weighted by molar-refractivity contribution is -0.139. The summed E-state index contributed by atoms with van der Waals surface area (Å²) in [5, 5.41) is 16.3. The summed E-state index contributed by atoms with van der Waals surface area (Å²) in [6, 6.07) is 7.83. The molecular weight excluding hydrogens is 306 g/mol. The number of hydrogen-bond acceptors (Lipinski definition) is 3. The van der Waals surface area contributed by atoms with E-state index < -0.39 is 11.5 Å². The van der Waals surface area contributed by atoms with Gasteiger partial charge in [-0.1, -0.05) is 18.2 Å². The van der Waals surface area contributed by atoms with Gasteiger partial charge in [0.1, 0.15) is 0 Å². The van der Waals surface area contributed by atoms with Gasteiger partial charge in [0.15, 0.2) is 0 Å². The normalized spacial score (nSPS) is 15.6. The van der Waals surface area contributed by atoms with Crippen molar-refractivity contribution in [1.29, 1.82) is 0 Å². The Kier molecular flexibility index (Phi) is 4.13. The number of hydrogen-bond donors (Lipinski definition) is 2. The van der Waals surface area contributed by atoms with Crippen LogP contribution in [0.4, 0.5) is 0 Å². The van der Waals surface area contributed by atoms with Crippen LogP contribution in [0.15, 0.2) is 30.5 Å². The first-order valence-electron chi connectivity index (χ1n) is 8.07. The Morgan fingerprint density at radius 1 is 1.29 bits per heavy atom. The zero-order valence-corrected chi connectivity index (χ0v) is 13.9. The van der Waals surface area contributed by atoms with Crippen molar-refractivity contribution in [2.24, 2.45) is 0 Å². The maximum atomic E-state index is 12.6. The number of carbonyl (C=O) groups is 2. The summed E-state index contributed by atoms with van der Waals surface area (Å²) in [4.78, 5) is 23.7. The fourth-order valence-corrected chi connectivity index (χ4v) is 3.22. The van der Waals surface area contributed by atoms with Crippen LogP contribution in [0.1, 0.15) is 47.3 Å². The summed E-state index contributed by atoms with van der Waals surface area (Å²) in [5.41, 5.74) is 2.61. The van der Waals surface area contributed by atoms with Crippen LogP contribution in [0.5, 0.6) is 0 Å². The Labute approximate surface area is 140 Å². The van der Waals surface area contributed by atoms with Gasteiger partial charge < -0.3 is 10.4 Å². The third-order valence-corrected chi connectivity index (χ3v) is 4.78. The molecule has 6 heteroatoms. The number of nitrogens with one attached hydrogen (secondary N) is 1. The number of para-hydroxylation sites is 1. The quantitative estimate of drug-likeness (QED) is 0.884. The minimum absolute atomic E-state index is 0.0380. The van der Waals surface area contributed by atoms with Crippen LogP contribution in [0.3, 0.4) is 0 Å². The van der Waals surface area contributed by atoms with E-state index in [2.05, 4.69) is 10.4 Å². The number of carboxylic acids is 1. The minimum atomic E-state index is -0.887. The number of amides is 1. The minimum Gasteiger partial charge on any atom is -0.481 e. The highest BCUT2D eigenvalue weighted by molar-refractivity contribution is 5.96. The molecule has 1 aliphatic rings. The number of aryl methyl sites for hydroxylation is 1. The molecule has 6 nitrogen and oxygen atoms in total. The topological polar surface area (TPSA) is 84.2 Å². The van der Waals surface area contributed by atoms with Crippen LogP contribution in [0.2, 0.25) is 0 Å². The second-order valence-electron chi connectivity index (χ2n) is 6.50. The first-order valence-corrected chi connectivity index (χ1v) is 8.07. The Balaban J connectivity index is 1.84. The highest BCUT2D eigenvalue weighted by Gasteiger charge is 2.40. The SMILES string of the molecule is Cc1ccccc1-n1ncc(C(=O)NC2(CC(=O)O)CCC2)c1C. The molecule has 0 saturated heterocycles. The number of aliphatic carboxylic acids is 1. The standard InChI is InChI=1S/C18H21N3O3/c1-12-6-3-4-7-15(12)21-13(2)14(11-19-21)17(24)20-18(8-5-9-18)10-16(22)23/h3-4,6-7,11H,5,8-10H2,1-2H3,(H,20,24)(H,22,23). The van der Waals surface area contributed by atoms with Crippen molar-refractivity contribution in [1.82, 2.24) is 15.1 Å². The van der Waals surface area contributed by atoms with E-state index in [1.807, 2.05) is 38.1 Å². The number of carbonyl (C=O) groups excluding carboxylic acids is 1. The Morgan fingerprint density at radius 3 is 2.58 bits per heavy atom. The molecule has 126 valence electrons. The number of aromatic nitrogens is 2. The van der Waals surface area contributed by atoms with Gasteiger partial charge in [-0.3, -0.25) is 9.59 Å². The summed E-state index contributed by atoms with van der Waals surface area (Å²) >= 11 is 0. The Hall–Kier alpha value is -2.63. The number of carboxylic acid groups (broad SMARTS) is 1. The lowest BCUT2D eigenvalue weighted by Gasteiger charge is -2.41. The van der Waals surface area contributed by atoms with Gasteiger partial charge in [-0.05, 0) is 44.7 Å². The van der Waals surface area contributed by atoms with Crippen LogP contribution < -0.4 is 5.32 Å². The van der Waals surface area contributed by atoms with Gasteiger partial charge in [0.2, 0.25) is 0 Å². The van der Waals surface area contributed by atoms with Gasteiger partial charge in [-0.2, -0.15) is 5.10 Å². The van der Waals surface area contributed by atoms with Crippen molar-refractivity contribution in [3.05, 3.63) is 47.3 Å². The molecule has 1 aromatic carbocycles. The van der Waals surface area contributed by atoms with E-state index in [-0.39, 0.29) is 12.3 Å². The Morgan fingerprint density at radius 2 is 2.00 bits per heavy atom. The van der Waals surface area contributed by atoms with E-state index in [1.165, 1.54) is 0 Å². The van der Waals surface area contributed by atoms with Crippen LogP contribution in [0.25, 0.3) is 5.69 Å². The number of rotatable bonds is 5. The molecular formula is C18H21N3O3. The summed E-state index contributed by atoms with van der Waals surface area (Å²) < 4.78 is 1.74. The fraction of sp³-hybridized carbons (Fsp3) is 0.389. The maximum Gasteiger partial charge on any atom is 0.305 e. The zero-order valence-electron chi connectivity index (χ0n) is 13.9. The van der Waals surface area contributed by atoms with Gasteiger partial charge >= 0.3 is 5.97 Å². The van der Waals surface area contributed by atoms with E-state index >= 15 is 0 Å². The molecule has 0 unspecified atom stereocenters. The highest BCUT2D eigenvalue weighted by atomic mass is 16.4. The van der Waals surface area contributed by atoms with Crippen LogP contribution in [-0.4, -0.2) is 32.3 Å². The van der Waals surface area contributed by atoms with Gasteiger partial charge in [0, 0.05) is 0 Å². The first kappa shape index (κ1) is 16.2. The Bertz CT molecular complexity index is 791. The molecule has 1 heterocycles. The first-order chi connectivity index (χ1) is 11.4. The molecule has 0 spiro atoms. The van der Waals surface area contributed by atoms with Crippen LogP contribution in [-0.2, 0) is 4.79 Å². The summed E-state index contributed by atoms with van der Waals surface area (Å²) in [7, 11) is 0. The summed E-state index contributed by atoms with van der Waals surface area (Å²) in [5.74, 6) is -1.14. The van der Waals surface area contributed by atoms with Gasteiger partial charge in [-0.15, -0.1) is 0 Å². The van der Waals surface area contributed by atoms with Crippen LogP contribution in [0, 0.1) is 13.8 Å². The molecule has 24 heavy (non-hydrogen) atoms. The van der Waals surface area contributed by atoms with Crippen molar-refractivity contribution < 1.29 is 14.7 Å². The third-order valence-electron chi connectivity index (χ3n) is 4.78. The number of benzene rings is 1. The van der Waals surface area contributed by atoms with Crippen molar-refractivity contribution in [3.8, 4) is 5.69 Å². The van der Waals surface area contributed by atoms with E-state index in [0.29, 0.717) is 18.4 Å². The maximum absolute atomic E-state index is 12.6. The molecule has 1 aliphatic carbocycles. The number of nitrogens with zero attached hydrogens (tertiary/aromatic N) is 2. The lowest BCUT2D eigenvalue weighted by Crippen LogP contribution is -2.54. The van der Waals surface area contributed by atoms with Crippen molar-refractivity contribution in [2.75, 3.05) is 0 Å². The fourth-order valence-electron chi connectivity index (χ4n) is 3.22. The second-order valence-corrected chi connectivity index (χ2v) is 6.50. The summed E-state index contributed by atoms with van der Waals surface area (Å²) in [6.45, 7) is 3.84. The lowest BCUT2D eigenvalue weighted by atomic mass is 9.74. The predicted octanol–water partition coefficient (Wildman–Crippen LogP) is 2.62. The molecule has 2 aromatic rings. The molecule has 1 amide bonds. The molecule has 2 N–H and O–H groups in total. The third kappa shape index (κ3) is 2.91. The van der Waals surface area contributed by atoms with Gasteiger partial charge in [0.25, 0.3) is 5.91 Å². The van der Waals surface area contributed by atoms with Crippen LogP contribution >= 0.6 is 0 Å². The molecule has 0 bridgehead atoms. The van der Waals surface area contributed by atoms with Crippen molar-refractivity contribution in [3.63, 3.8) is 0 Å². The second kappa shape index (κ2) is 6.11. The van der Waals surface area contributed by atoms with E-state index in [1.54, 1.807) is 10.9 Å². The van der Waals surface area contributed by atoms with Gasteiger partial charge in [0.05, 0.1) is 35.1 Å². The monoisotopic (exact) mass is 327 g/mol. The predicted molar refractivity (Wildman–Crippen MR) is 89.3 cm³/mol. The molecule has 0 atom stereocenters. The average molecular weight is 327 g/mol. The van der Waals surface area contributed by atoms with Crippen molar-refractivity contribution >= 4 is 11.9 Å². The molecule has 0 radical (unpaired) electrons. The molecule has 1 aromatic heterocycles. The highest BCUT2D eigenvalue weighted by Crippen LogP contribution is 2.35. The van der Waals surface area contributed by atoms with E-state index in [9.17, 15) is 9.59 Å². The van der Waals surface area contributed by atoms with Crippen molar-refractivity contribution in [2.45, 2.75) is 45.1 Å².